The second-order valence-electron chi connectivity index (χ2n) is 17.4. The first kappa shape index (κ1) is 46.3. The monoisotopic (exact) mass is 913 g/mol. The van der Waals surface area contributed by atoms with E-state index in [0.717, 1.165) is 50.1 Å². The molecule has 2 fully saturated rings. The Morgan fingerprint density at radius 1 is 0.785 bits per heavy atom. The predicted molar refractivity (Wildman–Crippen MR) is 253 cm³/mol. The first-order valence-corrected chi connectivity index (χ1v) is 24.0. The van der Waals surface area contributed by atoms with Crippen molar-refractivity contribution in [1.29, 1.82) is 0 Å². The maximum atomic E-state index is 13.7. The molecule has 8 rings (SSSR count). The van der Waals surface area contributed by atoms with Gasteiger partial charge in [-0.1, -0.05) is 145 Å². The van der Waals surface area contributed by atoms with Crippen LogP contribution >= 0.6 is 11.6 Å². The highest BCUT2D eigenvalue weighted by molar-refractivity contribution is 7.89. The van der Waals surface area contributed by atoms with Gasteiger partial charge in [-0.3, -0.25) is 4.79 Å². The van der Waals surface area contributed by atoms with E-state index >= 15 is 0 Å². The van der Waals surface area contributed by atoms with Crippen LogP contribution in [0.4, 0.5) is 0 Å². The van der Waals surface area contributed by atoms with Crippen LogP contribution < -0.4 is 10.0 Å². The molecule has 2 saturated heterocycles. The standard InChI is InChI=1S/C53H56ClN3O7S/c1-36-11-25-47(26-12-36)65(61,62)56-48(32-38-7-4-3-5-8-38)51(59)55-33-40-9-6-10-44(31-40)41-17-19-43(20-18-41)52-63-49(37(2)50(64-52)42-15-13-39(35-58)14-16-42)34-57-29-27-53(60,28-30-57)45-21-23-46(54)24-22-45/h3-26,31,37,48-50,52,56,58,60H,27-30,32-35H2,1-2H3,(H,55,59)/t37-,48+,49+,50+,52+/m0/s1. The van der Waals surface area contributed by atoms with Gasteiger partial charge in [-0.15, -0.1) is 0 Å². The van der Waals surface area contributed by atoms with Crippen LogP contribution in [-0.2, 0) is 49.5 Å². The minimum absolute atomic E-state index is 0.00722. The highest BCUT2D eigenvalue weighted by Gasteiger charge is 2.41. The number of likely N-dealkylation sites (tertiary alicyclic amines) is 1. The van der Waals surface area contributed by atoms with Gasteiger partial charge in [0.1, 0.15) is 6.04 Å². The van der Waals surface area contributed by atoms with Gasteiger partial charge in [0.25, 0.3) is 0 Å². The second-order valence-corrected chi connectivity index (χ2v) is 19.5. The van der Waals surface area contributed by atoms with Gasteiger partial charge in [0.2, 0.25) is 15.9 Å². The summed E-state index contributed by atoms with van der Waals surface area (Å²) in [5, 5.41) is 24.9. The van der Waals surface area contributed by atoms with Crippen LogP contribution in [0.5, 0.6) is 0 Å². The first-order valence-electron chi connectivity index (χ1n) is 22.2. The molecule has 0 aromatic heterocycles. The largest absolute Gasteiger partial charge is 0.392 e. The van der Waals surface area contributed by atoms with Crippen molar-refractivity contribution in [1.82, 2.24) is 14.9 Å². The van der Waals surface area contributed by atoms with Crippen molar-refractivity contribution in [3.8, 4) is 11.1 Å². The Morgan fingerprint density at radius 2 is 1.45 bits per heavy atom. The first-order chi connectivity index (χ1) is 31.4. The minimum atomic E-state index is -3.98. The summed E-state index contributed by atoms with van der Waals surface area (Å²) in [6, 6.07) is 46.2. The number of aliphatic hydroxyl groups excluding tert-OH is 1. The molecule has 6 aromatic carbocycles. The Kier molecular flexibility index (Phi) is 14.6. The summed E-state index contributed by atoms with van der Waals surface area (Å²) < 4.78 is 43.0. The van der Waals surface area contributed by atoms with E-state index in [0.29, 0.717) is 37.5 Å². The minimum Gasteiger partial charge on any atom is -0.392 e. The Hall–Kier alpha value is -5.21. The number of carbonyl (C=O) groups is 1. The highest BCUT2D eigenvalue weighted by Crippen LogP contribution is 2.43. The SMILES string of the molecule is Cc1ccc(S(=O)(=O)N[C@H](Cc2ccccc2)C(=O)NCc2cccc(-c3ccc([C@@H]4O[C@H](CN5CCC(O)(c6ccc(Cl)cc6)CC5)[C@H](C)[C@H](c5ccc(CO)cc5)O4)cc3)c2)cc1. The molecule has 5 atom stereocenters. The fourth-order valence-electron chi connectivity index (χ4n) is 8.75. The molecular weight excluding hydrogens is 858 g/mol. The highest BCUT2D eigenvalue weighted by atomic mass is 35.5. The van der Waals surface area contributed by atoms with Crippen LogP contribution in [0, 0.1) is 12.8 Å². The zero-order chi connectivity index (χ0) is 45.6. The molecule has 0 unspecified atom stereocenters. The van der Waals surface area contributed by atoms with Gasteiger partial charge >= 0.3 is 0 Å². The number of hydrogen-bond acceptors (Lipinski definition) is 8. The number of sulfonamides is 1. The van der Waals surface area contributed by atoms with Crippen molar-refractivity contribution >= 4 is 27.5 Å². The molecule has 10 nitrogen and oxygen atoms in total. The Bertz CT molecular complexity index is 2620. The zero-order valence-corrected chi connectivity index (χ0v) is 38.2. The van der Waals surface area contributed by atoms with E-state index in [1.54, 1.807) is 12.1 Å². The van der Waals surface area contributed by atoms with Gasteiger partial charge in [0.15, 0.2) is 6.29 Å². The molecule has 4 N–H and O–H groups in total. The lowest BCUT2D eigenvalue weighted by Gasteiger charge is -2.45. The van der Waals surface area contributed by atoms with Crippen LogP contribution in [0.2, 0.25) is 5.02 Å². The summed E-state index contributed by atoms with van der Waals surface area (Å²) in [4.78, 5) is 16.2. The number of aliphatic hydroxyl groups is 2. The summed E-state index contributed by atoms with van der Waals surface area (Å²) in [7, 11) is -3.98. The molecule has 338 valence electrons. The second kappa shape index (κ2) is 20.5. The molecule has 2 aliphatic rings. The number of nitrogens with zero attached hydrogens (tertiary/aromatic N) is 1. The number of hydrogen-bond donors (Lipinski definition) is 4. The molecule has 2 heterocycles. The lowest BCUT2D eigenvalue weighted by atomic mass is 9.84. The van der Waals surface area contributed by atoms with Gasteiger partial charge in [-0.2, -0.15) is 4.72 Å². The van der Waals surface area contributed by atoms with Gasteiger partial charge in [0, 0.05) is 42.7 Å². The molecule has 0 radical (unpaired) electrons. The fraction of sp³-hybridized carbons (Fsp3) is 0.302. The van der Waals surface area contributed by atoms with Crippen molar-refractivity contribution < 1.29 is 32.9 Å². The number of amides is 1. The number of benzene rings is 6. The molecule has 0 saturated carbocycles. The van der Waals surface area contributed by atoms with Crippen molar-refractivity contribution in [3.63, 3.8) is 0 Å². The van der Waals surface area contributed by atoms with Crippen LogP contribution in [0.3, 0.4) is 0 Å². The van der Waals surface area contributed by atoms with Crippen LogP contribution in [0.25, 0.3) is 11.1 Å². The third-order valence-electron chi connectivity index (χ3n) is 12.8. The van der Waals surface area contributed by atoms with Crippen LogP contribution in [-0.4, -0.2) is 61.2 Å². The number of rotatable bonds is 15. The molecule has 2 aliphatic heterocycles. The average Bonchev–Trinajstić information content (AvgIpc) is 3.32. The number of piperidine rings is 1. The van der Waals surface area contributed by atoms with E-state index in [-0.39, 0.29) is 42.6 Å². The van der Waals surface area contributed by atoms with Crippen molar-refractivity contribution in [3.05, 3.63) is 196 Å². The fourth-order valence-corrected chi connectivity index (χ4v) is 10.1. The van der Waals surface area contributed by atoms with E-state index in [9.17, 15) is 23.4 Å². The summed E-state index contributed by atoms with van der Waals surface area (Å²) >= 11 is 6.13. The number of ether oxygens (including phenoxy) is 2. The molecule has 6 aromatic rings. The van der Waals surface area contributed by atoms with Gasteiger partial charge in [0.05, 0.1) is 29.3 Å². The molecule has 1 amide bonds. The Labute approximate surface area is 387 Å². The molecular formula is C53H56ClN3O7S. The van der Waals surface area contributed by atoms with Gasteiger partial charge in [-0.25, -0.2) is 8.42 Å². The average molecular weight is 915 g/mol. The molecule has 0 spiro atoms. The van der Waals surface area contributed by atoms with Gasteiger partial charge in [-0.05, 0) is 95.5 Å². The smallest absolute Gasteiger partial charge is 0.241 e. The van der Waals surface area contributed by atoms with Gasteiger partial charge < -0.3 is 29.9 Å². The Balaban J connectivity index is 0.950. The molecule has 12 heteroatoms. The lowest BCUT2D eigenvalue weighted by Crippen LogP contribution is -2.49. The predicted octanol–water partition coefficient (Wildman–Crippen LogP) is 8.79. The van der Waals surface area contributed by atoms with E-state index in [1.165, 1.54) is 12.1 Å². The number of aryl methyl sites for hydroxylation is 1. The lowest BCUT2D eigenvalue weighted by molar-refractivity contribution is -0.277. The van der Waals surface area contributed by atoms with Crippen molar-refractivity contribution in [2.24, 2.45) is 5.92 Å². The van der Waals surface area contributed by atoms with E-state index in [1.807, 2.05) is 134 Å². The molecule has 65 heavy (non-hydrogen) atoms. The topological polar surface area (TPSA) is 137 Å². The van der Waals surface area contributed by atoms with E-state index in [2.05, 4.69) is 21.9 Å². The van der Waals surface area contributed by atoms with Crippen molar-refractivity contribution in [2.45, 2.75) is 81.3 Å². The summed E-state index contributed by atoms with van der Waals surface area (Å²) in [6.45, 7) is 6.31. The number of nitrogens with one attached hydrogen (secondary N) is 2. The van der Waals surface area contributed by atoms with Crippen LogP contribution in [0.1, 0.15) is 71.1 Å². The third kappa shape index (κ3) is 11.4. The number of carbonyl (C=O) groups excluding carboxylic acids is 1. The maximum Gasteiger partial charge on any atom is 0.241 e. The van der Waals surface area contributed by atoms with Crippen molar-refractivity contribution in [2.75, 3.05) is 19.6 Å². The zero-order valence-electron chi connectivity index (χ0n) is 36.6. The van der Waals surface area contributed by atoms with Crippen LogP contribution in [0.15, 0.2) is 157 Å². The molecule has 0 aliphatic carbocycles. The quantitative estimate of drug-likeness (QED) is 0.0803. The normalized spacial score (nSPS) is 20.5. The summed E-state index contributed by atoms with van der Waals surface area (Å²) in [5.74, 6) is -0.422. The Morgan fingerprint density at radius 3 is 2.12 bits per heavy atom. The molecule has 0 bridgehead atoms. The summed E-state index contributed by atoms with van der Waals surface area (Å²) in [6.07, 6.45) is 0.303. The summed E-state index contributed by atoms with van der Waals surface area (Å²) in [5.41, 5.74) is 7.23. The van der Waals surface area contributed by atoms with E-state index in [4.69, 9.17) is 21.1 Å². The third-order valence-corrected chi connectivity index (χ3v) is 14.5. The maximum absolute atomic E-state index is 13.7. The van der Waals surface area contributed by atoms with E-state index < -0.39 is 33.9 Å². The number of halogens is 1.